The first kappa shape index (κ1) is 21.4. The second-order valence-electron chi connectivity index (χ2n) is 8.84. The summed E-state index contributed by atoms with van der Waals surface area (Å²) in [6.07, 6.45) is -0.0288. The molecule has 3 nitrogen and oxygen atoms in total. The van der Waals surface area contributed by atoms with Gasteiger partial charge in [0.25, 0.3) is 0 Å². The fourth-order valence-corrected chi connectivity index (χ4v) is 4.68. The van der Waals surface area contributed by atoms with E-state index in [2.05, 4.69) is 24.1 Å². The molecule has 2 N–H and O–H groups in total. The van der Waals surface area contributed by atoms with E-state index in [0.29, 0.717) is 24.4 Å². The topological polar surface area (TPSA) is 35.5 Å². The molecule has 1 aromatic rings. The van der Waals surface area contributed by atoms with Gasteiger partial charge in [0.2, 0.25) is 0 Å². The molecule has 3 rings (SSSR count). The van der Waals surface area contributed by atoms with E-state index in [4.69, 9.17) is 0 Å². The Balaban J connectivity index is 1.52. The summed E-state index contributed by atoms with van der Waals surface area (Å²) in [5, 5.41) is 12.6. The van der Waals surface area contributed by atoms with Crippen molar-refractivity contribution in [2.45, 2.75) is 51.6 Å². The number of nitrogens with one attached hydrogen (secondary N) is 1. The largest absolute Gasteiger partial charge is 0.416 e. The van der Waals surface area contributed by atoms with E-state index < -0.39 is 11.7 Å². The highest BCUT2D eigenvalue weighted by atomic mass is 19.4. The molecule has 158 valence electrons. The van der Waals surface area contributed by atoms with Crippen LogP contribution < -0.4 is 5.32 Å². The Bertz CT molecular complexity index is 641. The monoisotopic (exact) mass is 398 g/mol. The van der Waals surface area contributed by atoms with Crippen LogP contribution in [0.5, 0.6) is 0 Å². The van der Waals surface area contributed by atoms with Gasteiger partial charge in [0, 0.05) is 25.4 Å². The number of fused-ring (bicyclic) bond motifs is 1. The zero-order valence-corrected chi connectivity index (χ0v) is 16.9. The standard InChI is InChI=1S/C22H33F3N2O/c1-15(13-27-9-7-17(14-28)8-10-27)3-4-18-12-26-21-6-5-19(22(23,24)25)11-20(21)16(18)2/h5-6,11,15-18,26,28H,3-4,7-10,12-14H2,1-2H3. The first-order chi connectivity index (χ1) is 13.3. The minimum absolute atomic E-state index is 0.131. The van der Waals surface area contributed by atoms with Gasteiger partial charge in [0.05, 0.1) is 5.56 Å². The third-order valence-corrected chi connectivity index (χ3v) is 6.70. The number of alkyl halides is 3. The van der Waals surface area contributed by atoms with Gasteiger partial charge in [-0.2, -0.15) is 13.2 Å². The van der Waals surface area contributed by atoms with Gasteiger partial charge in [-0.05, 0) is 86.2 Å². The number of halogens is 3. The first-order valence-corrected chi connectivity index (χ1v) is 10.6. The molecule has 6 heteroatoms. The smallest absolute Gasteiger partial charge is 0.396 e. The molecule has 1 aromatic carbocycles. The van der Waals surface area contributed by atoms with E-state index in [1.54, 1.807) is 6.07 Å². The van der Waals surface area contributed by atoms with Crippen LogP contribution in [-0.2, 0) is 6.18 Å². The molecule has 0 aliphatic carbocycles. The molecular weight excluding hydrogens is 365 g/mol. The molecule has 0 saturated carbocycles. The average molecular weight is 399 g/mol. The maximum absolute atomic E-state index is 13.1. The minimum Gasteiger partial charge on any atom is -0.396 e. The Labute approximate surface area is 166 Å². The zero-order chi connectivity index (χ0) is 20.3. The molecule has 2 heterocycles. The van der Waals surface area contributed by atoms with Crippen molar-refractivity contribution in [3.05, 3.63) is 29.3 Å². The maximum atomic E-state index is 13.1. The molecule has 3 atom stereocenters. The fourth-order valence-electron chi connectivity index (χ4n) is 4.68. The Morgan fingerprint density at radius 3 is 2.61 bits per heavy atom. The molecule has 0 aromatic heterocycles. The number of rotatable bonds is 6. The maximum Gasteiger partial charge on any atom is 0.416 e. The number of piperidine rings is 1. The molecule has 2 aliphatic rings. The summed E-state index contributed by atoms with van der Waals surface area (Å²) < 4.78 is 39.2. The molecule has 28 heavy (non-hydrogen) atoms. The molecule has 3 unspecified atom stereocenters. The SMILES string of the molecule is CC(CCC1CNc2ccc(C(F)(F)F)cc2C1C)CN1CCC(CO)CC1. The molecule has 0 radical (unpaired) electrons. The van der Waals surface area contributed by atoms with Gasteiger partial charge >= 0.3 is 6.18 Å². The van der Waals surface area contributed by atoms with E-state index in [9.17, 15) is 18.3 Å². The van der Waals surface area contributed by atoms with Crippen LogP contribution >= 0.6 is 0 Å². The number of nitrogens with zero attached hydrogens (tertiary/aromatic N) is 1. The second kappa shape index (κ2) is 9.04. The van der Waals surface area contributed by atoms with Crippen molar-refractivity contribution in [2.24, 2.45) is 17.8 Å². The van der Waals surface area contributed by atoms with Crippen molar-refractivity contribution in [1.29, 1.82) is 0 Å². The van der Waals surface area contributed by atoms with Crippen molar-refractivity contribution in [3.63, 3.8) is 0 Å². The van der Waals surface area contributed by atoms with Crippen LogP contribution in [-0.4, -0.2) is 42.8 Å². The van der Waals surface area contributed by atoms with Crippen LogP contribution in [0.15, 0.2) is 18.2 Å². The van der Waals surface area contributed by atoms with Crippen molar-refractivity contribution < 1.29 is 18.3 Å². The van der Waals surface area contributed by atoms with Crippen molar-refractivity contribution in [2.75, 3.05) is 38.1 Å². The van der Waals surface area contributed by atoms with E-state index in [0.717, 1.165) is 63.1 Å². The highest BCUT2D eigenvalue weighted by Gasteiger charge is 2.34. The highest BCUT2D eigenvalue weighted by Crippen LogP contribution is 2.41. The molecule has 0 spiro atoms. The lowest BCUT2D eigenvalue weighted by atomic mass is 9.79. The van der Waals surface area contributed by atoms with Crippen LogP contribution in [0.25, 0.3) is 0 Å². The Morgan fingerprint density at radius 2 is 1.96 bits per heavy atom. The van der Waals surface area contributed by atoms with E-state index in [-0.39, 0.29) is 5.92 Å². The van der Waals surface area contributed by atoms with E-state index in [1.165, 1.54) is 12.1 Å². The van der Waals surface area contributed by atoms with E-state index in [1.807, 2.05) is 0 Å². The predicted molar refractivity (Wildman–Crippen MR) is 106 cm³/mol. The lowest BCUT2D eigenvalue weighted by molar-refractivity contribution is -0.137. The third kappa shape index (κ3) is 5.20. The summed E-state index contributed by atoms with van der Waals surface area (Å²) in [6.45, 7) is 8.65. The minimum atomic E-state index is -4.29. The Morgan fingerprint density at radius 1 is 1.25 bits per heavy atom. The number of aliphatic hydroxyl groups excluding tert-OH is 1. The highest BCUT2D eigenvalue weighted by molar-refractivity contribution is 5.56. The van der Waals surface area contributed by atoms with Crippen LogP contribution in [0.3, 0.4) is 0 Å². The summed E-state index contributed by atoms with van der Waals surface area (Å²) in [7, 11) is 0. The molecule has 2 aliphatic heterocycles. The van der Waals surface area contributed by atoms with Gasteiger partial charge in [-0.3, -0.25) is 0 Å². The quantitative estimate of drug-likeness (QED) is 0.710. The summed E-state index contributed by atoms with van der Waals surface area (Å²) >= 11 is 0. The van der Waals surface area contributed by atoms with Gasteiger partial charge in [-0.25, -0.2) is 0 Å². The van der Waals surface area contributed by atoms with Gasteiger partial charge in [0.1, 0.15) is 0 Å². The Hall–Kier alpha value is -1.27. The zero-order valence-electron chi connectivity index (χ0n) is 16.9. The molecule has 0 bridgehead atoms. The predicted octanol–water partition coefficient (Wildman–Crippen LogP) is 4.97. The number of likely N-dealkylation sites (tertiary alicyclic amines) is 1. The van der Waals surface area contributed by atoms with Gasteiger partial charge < -0.3 is 15.3 Å². The number of benzene rings is 1. The van der Waals surface area contributed by atoms with Crippen LogP contribution in [0.2, 0.25) is 0 Å². The fraction of sp³-hybridized carbons (Fsp3) is 0.727. The second-order valence-corrected chi connectivity index (χ2v) is 8.84. The lowest BCUT2D eigenvalue weighted by Gasteiger charge is -2.35. The van der Waals surface area contributed by atoms with Crippen molar-refractivity contribution in [1.82, 2.24) is 4.90 Å². The molecular formula is C22H33F3N2O. The summed E-state index contributed by atoms with van der Waals surface area (Å²) in [5.41, 5.74) is 1.08. The normalized spacial score (nSPS) is 25.2. The number of hydrogen-bond donors (Lipinski definition) is 2. The number of anilines is 1. The van der Waals surface area contributed by atoms with Gasteiger partial charge in [-0.15, -0.1) is 0 Å². The molecule has 1 fully saturated rings. The summed E-state index contributed by atoms with van der Waals surface area (Å²) in [6, 6.07) is 4.07. The van der Waals surface area contributed by atoms with Crippen LogP contribution in [0.4, 0.5) is 18.9 Å². The summed E-state index contributed by atoms with van der Waals surface area (Å²) in [4.78, 5) is 2.49. The van der Waals surface area contributed by atoms with Crippen LogP contribution in [0, 0.1) is 17.8 Å². The third-order valence-electron chi connectivity index (χ3n) is 6.70. The molecule has 0 amide bonds. The number of hydrogen-bond acceptors (Lipinski definition) is 3. The van der Waals surface area contributed by atoms with Gasteiger partial charge in [-0.1, -0.05) is 13.8 Å². The average Bonchev–Trinajstić information content (AvgIpc) is 2.67. The summed E-state index contributed by atoms with van der Waals surface area (Å²) in [5.74, 6) is 1.52. The van der Waals surface area contributed by atoms with Crippen LogP contribution in [0.1, 0.15) is 56.6 Å². The molecule has 1 saturated heterocycles. The number of aliphatic hydroxyl groups is 1. The van der Waals surface area contributed by atoms with Crippen molar-refractivity contribution >= 4 is 5.69 Å². The lowest BCUT2D eigenvalue weighted by Crippen LogP contribution is -2.37. The Kier molecular flexibility index (Phi) is 6.92. The first-order valence-electron chi connectivity index (χ1n) is 10.6. The van der Waals surface area contributed by atoms with Gasteiger partial charge in [0.15, 0.2) is 0 Å². The van der Waals surface area contributed by atoms with Crippen molar-refractivity contribution in [3.8, 4) is 0 Å². The van der Waals surface area contributed by atoms with E-state index >= 15 is 0 Å².